The van der Waals surface area contributed by atoms with Gasteiger partial charge in [-0.05, 0) is 22.0 Å². The number of pyridine rings is 1. The van der Waals surface area contributed by atoms with Gasteiger partial charge >= 0.3 is 0 Å². The van der Waals surface area contributed by atoms with E-state index in [0.29, 0.717) is 5.02 Å². The van der Waals surface area contributed by atoms with Crippen LogP contribution in [0.4, 0.5) is 5.69 Å². The van der Waals surface area contributed by atoms with E-state index in [9.17, 15) is 0 Å². The summed E-state index contributed by atoms with van der Waals surface area (Å²) in [5, 5.41) is 5.18. The second kappa shape index (κ2) is 6.27. The lowest BCUT2D eigenvalue weighted by molar-refractivity contribution is 0.589. The standard InChI is InChI=1S/C13H13BrClN3.ClH/c14-10-8-17-12-9(2-1-3-11(12)15)13(10)18-6-4-16-5-7-18;/h1-3,8,16H,4-7H2;1H. The monoisotopic (exact) mass is 361 g/mol. The molecule has 2 aromatic rings. The average molecular weight is 363 g/mol. The van der Waals surface area contributed by atoms with Crippen LogP contribution in [0.25, 0.3) is 10.9 Å². The van der Waals surface area contributed by atoms with Crippen LogP contribution in [-0.2, 0) is 0 Å². The fourth-order valence-electron chi connectivity index (χ4n) is 2.36. The van der Waals surface area contributed by atoms with Crippen LogP contribution in [0.3, 0.4) is 0 Å². The topological polar surface area (TPSA) is 28.2 Å². The largest absolute Gasteiger partial charge is 0.367 e. The number of para-hydroxylation sites is 1. The predicted molar refractivity (Wildman–Crippen MR) is 86.8 cm³/mol. The van der Waals surface area contributed by atoms with Crippen LogP contribution in [0.5, 0.6) is 0 Å². The number of benzene rings is 1. The second-order valence-corrected chi connectivity index (χ2v) is 5.59. The summed E-state index contributed by atoms with van der Waals surface area (Å²) in [6, 6.07) is 5.94. The molecular formula is C13H14BrCl2N3. The van der Waals surface area contributed by atoms with Gasteiger partial charge in [-0.2, -0.15) is 0 Å². The van der Waals surface area contributed by atoms with Crippen molar-refractivity contribution in [1.82, 2.24) is 10.3 Å². The number of nitrogens with zero attached hydrogens (tertiary/aromatic N) is 2. The van der Waals surface area contributed by atoms with E-state index >= 15 is 0 Å². The molecule has 1 aliphatic rings. The van der Waals surface area contributed by atoms with Crippen molar-refractivity contribution in [2.75, 3.05) is 31.1 Å². The normalized spacial score (nSPS) is 15.4. The van der Waals surface area contributed by atoms with Gasteiger partial charge < -0.3 is 10.2 Å². The molecule has 0 atom stereocenters. The minimum Gasteiger partial charge on any atom is -0.367 e. The summed E-state index contributed by atoms with van der Waals surface area (Å²) in [7, 11) is 0. The van der Waals surface area contributed by atoms with Crippen molar-refractivity contribution in [1.29, 1.82) is 0 Å². The van der Waals surface area contributed by atoms with E-state index in [1.54, 1.807) is 0 Å². The maximum atomic E-state index is 6.21. The molecule has 0 radical (unpaired) electrons. The number of anilines is 1. The predicted octanol–water partition coefficient (Wildman–Crippen LogP) is 3.48. The van der Waals surface area contributed by atoms with Crippen molar-refractivity contribution < 1.29 is 0 Å². The van der Waals surface area contributed by atoms with Crippen LogP contribution in [0.2, 0.25) is 5.02 Å². The molecule has 0 bridgehead atoms. The van der Waals surface area contributed by atoms with E-state index in [0.717, 1.165) is 41.6 Å². The third kappa shape index (κ3) is 2.82. The molecule has 1 aromatic carbocycles. The van der Waals surface area contributed by atoms with Crippen LogP contribution in [0, 0.1) is 0 Å². The van der Waals surface area contributed by atoms with Crippen molar-refractivity contribution in [3.8, 4) is 0 Å². The van der Waals surface area contributed by atoms with Gasteiger partial charge in [0, 0.05) is 37.8 Å². The third-order valence-electron chi connectivity index (χ3n) is 3.21. The number of halogens is 3. The quantitative estimate of drug-likeness (QED) is 0.841. The van der Waals surface area contributed by atoms with Crippen LogP contribution in [0.1, 0.15) is 0 Å². The van der Waals surface area contributed by atoms with Gasteiger partial charge in [0.15, 0.2) is 0 Å². The van der Waals surface area contributed by atoms with E-state index < -0.39 is 0 Å². The Labute approximate surface area is 131 Å². The van der Waals surface area contributed by atoms with Crippen molar-refractivity contribution in [3.05, 3.63) is 33.9 Å². The number of piperazine rings is 1. The van der Waals surface area contributed by atoms with Crippen molar-refractivity contribution >= 4 is 56.5 Å². The van der Waals surface area contributed by atoms with Crippen LogP contribution >= 0.6 is 39.9 Å². The Kier molecular flexibility index (Phi) is 4.90. The molecule has 102 valence electrons. The molecule has 0 saturated carbocycles. The number of fused-ring (bicyclic) bond motifs is 1. The first-order valence-corrected chi connectivity index (χ1v) is 7.13. The summed E-state index contributed by atoms with van der Waals surface area (Å²) in [6.07, 6.45) is 1.84. The van der Waals surface area contributed by atoms with Crippen LogP contribution in [0.15, 0.2) is 28.9 Å². The van der Waals surface area contributed by atoms with Gasteiger partial charge in [0.1, 0.15) is 0 Å². The van der Waals surface area contributed by atoms with Gasteiger partial charge in [0.2, 0.25) is 0 Å². The Morgan fingerprint density at radius 3 is 2.74 bits per heavy atom. The molecule has 2 heterocycles. The molecule has 1 saturated heterocycles. The van der Waals surface area contributed by atoms with E-state index in [1.165, 1.54) is 5.69 Å². The van der Waals surface area contributed by atoms with Gasteiger partial charge in [-0.3, -0.25) is 4.98 Å². The Morgan fingerprint density at radius 1 is 1.26 bits per heavy atom. The molecular weight excluding hydrogens is 349 g/mol. The Hall–Kier alpha value is -0.550. The average Bonchev–Trinajstić information content (AvgIpc) is 2.40. The zero-order valence-corrected chi connectivity index (χ0v) is 13.4. The highest BCUT2D eigenvalue weighted by Crippen LogP contribution is 2.35. The molecule has 6 heteroatoms. The SMILES string of the molecule is Cl.Clc1cccc2c(N3CCNCC3)c(Br)cnc12. The number of aromatic nitrogens is 1. The molecule has 0 amide bonds. The highest BCUT2D eigenvalue weighted by molar-refractivity contribution is 9.10. The molecule has 1 N–H and O–H groups in total. The lowest BCUT2D eigenvalue weighted by atomic mass is 10.1. The Bertz CT molecular complexity index is 585. The van der Waals surface area contributed by atoms with E-state index in [-0.39, 0.29) is 12.4 Å². The lowest BCUT2D eigenvalue weighted by Crippen LogP contribution is -2.43. The maximum Gasteiger partial charge on any atom is 0.0909 e. The molecule has 0 aliphatic carbocycles. The van der Waals surface area contributed by atoms with Crippen molar-refractivity contribution in [2.24, 2.45) is 0 Å². The summed E-state index contributed by atoms with van der Waals surface area (Å²) in [4.78, 5) is 6.79. The molecule has 1 aromatic heterocycles. The number of hydrogen-bond acceptors (Lipinski definition) is 3. The third-order valence-corrected chi connectivity index (χ3v) is 4.09. The molecule has 19 heavy (non-hydrogen) atoms. The maximum absolute atomic E-state index is 6.21. The minimum absolute atomic E-state index is 0. The fourth-order valence-corrected chi connectivity index (χ4v) is 3.15. The summed E-state index contributed by atoms with van der Waals surface area (Å²) in [5.41, 5.74) is 2.07. The first-order chi connectivity index (χ1) is 8.77. The van der Waals surface area contributed by atoms with Crippen LogP contribution < -0.4 is 10.2 Å². The highest BCUT2D eigenvalue weighted by Gasteiger charge is 2.17. The zero-order valence-electron chi connectivity index (χ0n) is 10.2. The second-order valence-electron chi connectivity index (χ2n) is 4.33. The number of hydrogen-bond donors (Lipinski definition) is 1. The van der Waals surface area contributed by atoms with Gasteiger partial charge in [0.05, 0.1) is 20.7 Å². The Balaban J connectivity index is 0.00000133. The van der Waals surface area contributed by atoms with Crippen LogP contribution in [-0.4, -0.2) is 31.2 Å². The summed E-state index contributed by atoms with van der Waals surface area (Å²) in [5.74, 6) is 0. The molecule has 0 unspecified atom stereocenters. The fraction of sp³-hybridized carbons (Fsp3) is 0.308. The minimum atomic E-state index is 0. The molecule has 3 nitrogen and oxygen atoms in total. The van der Waals surface area contributed by atoms with E-state index in [4.69, 9.17) is 11.6 Å². The molecule has 1 fully saturated rings. The lowest BCUT2D eigenvalue weighted by Gasteiger charge is -2.31. The van der Waals surface area contributed by atoms with E-state index in [1.807, 2.05) is 18.3 Å². The first kappa shape index (κ1) is 14.9. The van der Waals surface area contributed by atoms with Crippen molar-refractivity contribution in [2.45, 2.75) is 0 Å². The summed E-state index contributed by atoms with van der Waals surface area (Å²) < 4.78 is 1.03. The smallest absolute Gasteiger partial charge is 0.0909 e. The highest BCUT2D eigenvalue weighted by atomic mass is 79.9. The van der Waals surface area contributed by atoms with Crippen molar-refractivity contribution in [3.63, 3.8) is 0 Å². The summed E-state index contributed by atoms with van der Waals surface area (Å²) in [6.45, 7) is 4.03. The van der Waals surface area contributed by atoms with Gasteiger partial charge in [0.25, 0.3) is 0 Å². The van der Waals surface area contributed by atoms with Gasteiger partial charge in [-0.1, -0.05) is 23.7 Å². The molecule has 0 spiro atoms. The first-order valence-electron chi connectivity index (χ1n) is 5.96. The van der Waals surface area contributed by atoms with E-state index in [2.05, 4.69) is 37.2 Å². The van der Waals surface area contributed by atoms with Gasteiger partial charge in [-0.15, -0.1) is 12.4 Å². The van der Waals surface area contributed by atoms with Gasteiger partial charge in [-0.25, -0.2) is 0 Å². The number of rotatable bonds is 1. The molecule has 3 rings (SSSR count). The summed E-state index contributed by atoms with van der Waals surface area (Å²) >= 11 is 9.82. The zero-order chi connectivity index (χ0) is 12.5. The Morgan fingerprint density at radius 2 is 2.00 bits per heavy atom. The molecule has 1 aliphatic heterocycles. The number of nitrogens with one attached hydrogen (secondary N) is 1.